The molecule has 8 heteroatoms. The van der Waals surface area contributed by atoms with Crippen LogP contribution in [0.4, 0.5) is 5.69 Å². The lowest BCUT2D eigenvalue weighted by atomic mass is 9.87. The van der Waals surface area contributed by atoms with Gasteiger partial charge in [-0.1, -0.05) is 13.3 Å². The quantitative estimate of drug-likeness (QED) is 0.796. The molecule has 3 rings (SSSR count). The second-order valence-electron chi connectivity index (χ2n) is 6.72. The van der Waals surface area contributed by atoms with Gasteiger partial charge in [-0.2, -0.15) is 0 Å². The normalized spacial score (nSPS) is 16.4. The fourth-order valence-electron chi connectivity index (χ4n) is 3.22. The third-order valence-corrected chi connectivity index (χ3v) is 7.37. The Labute approximate surface area is 163 Å². The fraction of sp³-hybridized carbons (Fsp3) is 0.368. The van der Waals surface area contributed by atoms with Crippen LogP contribution >= 0.6 is 11.3 Å². The number of benzene rings is 1. The molecule has 0 bridgehead atoms. The minimum absolute atomic E-state index is 0.0344. The maximum atomic E-state index is 12.5. The van der Waals surface area contributed by atoms with Crippen molar-refractivity contribution < 1.29 is 18.0 Å². The van der Waals surface area contributed by atoms with Gasteiger partial charge in [0, 0.05) is 17.5 Å². The number of rotatable bonds is 5. The first-order valence-electron chi connectivity index (χ1n) is 8.85. The first-order valence-corrected chi connectivity index (χ1v) is 11.1. The van der Waals surface area contributed by atoms with Crippen molar-refractivity contribution in [1.82, 2.24) is 4.72 Å². The SMILES string of the molecule is CC[C@H]1CCc2sc(C(=O)Nc3ccc(S(=O)(=O)NC(C)=O)cc3)cc2C1. The van der Waals surface area contributed by atoms with Crippen LogP contribution in [0, 0.1) is 5.92 Å². The van der Waals surface area contributed by atoms with Gasteiger partial charge in [-0.05, 0) is 61.1 Å². The van der Waals surface area contributed by atoms with Gasteiger partial charge in [0.25, 0.3) is 15.9 Å². The predicted molar refractivity (Wildman–Crippen MR) is 106 cm³/mol. The molecule has 1 aromatic heterocycles. The van der Waals surface area contributed by atoms with Crippen molar-refractivity contribution in [3.05, 3.63) is 45.6 Å². The van der Waals surface area contributed by atoms with Crippen LogP contribution in [0.3, 0.4) is 0 Å². The highest BCUT2D eigenvalue weighted by molar-refractivity contribution is 7.90. The summed E-state index contributed by atoms with van der Waals surface area (Å²) in [6, 6.07) is 7.70. The summed E-state index contributed by atoms with van der Waals surface area (Å²) in [6.45, 7) is 3.33. The van der Waals surface area contributed by atoms with E-state index in [4.69, 9.17) is 0 Å². The Bertz CT molecular complexity index is 962. The molecule has 2 aromatic rings. The van der Waals surface area contributed by atoms with Crippen LogP contribution in [0.5, 0.6) is 0 Å². The lowest BCUT2D eigenvalue weighted by Gasteiger charge is -2.19. The van der Waals surface area contributed by atoms with Crippen LogP contribution in [-0.4, -0.2) is 20.2 Å². The summed E-state index contributed by atoms with van der Waals surface area (Å²) in [6.07, 6.45) is 4.40. The Kier molecular flexibility index (Phi) is 5.67. The number of sulfonamides is 1. The van der Waals surface area contributed by atoms with Gasteiger partial charge in [0.2, 0.25) is 5.91 Å². The maximum Gasteiger partial charge on any atom is 0.265 e. The van der Waals surface area contributed by atoms with Crippen LogP contribution in [0.2, 0.25) is 0 Å². The lowest BCUT2D eigenvalue weighted by Crippen LogP contribution is -2.28. The topological polar surface area (TPSA) is 92.3 Å². The van der Waals surface area contributed by atoms with Crippen LogP contribution in [-0.2, 0) is 27.7 Å². The highest BCUT2D eigenvalue weighted by atomic mass is 32.2. The van der Waals surface area contributed by atoms with Gasteiger partial charge in [-0.15, -0.1) is 11.3 Å². The summed E-state index contributed by atoms with van der Waals surface area (Å²) in [5.74, 6) is -0.152. The molecule has 6 nitrogen and oxygen atoms in total. The fourth-order valence-corrected chi connectivity index (χ4v) is 5.31. The van der Waals surface area contributed by atoms with Gasteiger partial charge in [0.15, 0.2) is 0 Å². The zero-order valence-electron chi connectivity index (χ0n) is 15.2. The minimum atomic E-state index is -3.88. The molecule has 0 radical (unpaired) electrons. The molecule has 0 aliphatic heterocycles. The molecule has 1 aromatic carbocycles. The molecule has 1 aliphatic rings. The number of aryl methyl sites for hydroxylation is 1. The van der Waals surface area contributed by atoms with Crippen molar-refractivity contribution in [1.29, 1.82) is 0 Å². The monoisotopic (exact) mass is 406 g/mol. The highest BCUT2D eigenvalue weighted by Gasteiger charge is 2.22. The number of carbonyl (C=O) groups excluding carboxylic acids is 2. The average Bonchev–Trinajstić information content (AvgIpc) is 3.04. The van der Waals surface area contributed by atoms with E-state index in [0.29, 0.717) is 16.5 Å². The number of anilines is 1. The zero-order valence-corrected chi connectivity index (χ0v) is 16.9. The summed E-state index contributed by atoms with van der Waals surface area (Å²) in [4.78, 5) is 25.4. The summed E-state index contributed by atoms with van der Waals surface area (Å²) < 4.78 is 25.8. The average molecular weight is 407 g/mol. The summed E-state index contributed by atoms with van der Waals surface area (Å²) in [5.41, 5.74) is 1.78. The first kappa shape index (κ1) is 19.6. The molecular formula is C19H22N2O4S2. The number of hydrogen-bond acceptors (Lipinski definition) is 5. The lowest BCUT2D eigenvalue weighted by molar-refractivity contribution is -0.117. The molecule has 0 saturated heterocycles. The Morgan fingerprint density at radius 3 is 2.56 bits per heavy atom. The number of nitrogens with one attached hydrogen (secondary N) is 2. The third-order valence-electron chi connectivity index (χ3n) is 4.69. The van der Waals surface area contributed by atoms with Crippen molar-refractivity contribution in [2.75, 3.05) is 5.32 Å². The van der Waals surface area contributed by atoms with E-state index in [-0.39, 0.29) is 10.8 Å². The standard InChI is InChI=1S/C19H22N2O4S2/c1-3-13-4-9-17-14(10-13)11-18(26-17)19(23)20-15-5-7-16(8-6-15)27(24,25)21-12(2)22/h5-8,11,13H,3-4,9-10H2,1-2H3,(H,20,23)(H,21,22)/t13-/m0/s1. The summed E-state index contributed by atoms with van der Waals surface area (Å²) in [7, 11) is -3.88. The van der Waals surface area contributed by atoms with Gasteiger partial charge in [0.1, 0.15) is 0 Å². The molecule has 1 aliphatic carbocycles. The van der Waals surface area contributed by atoms with Crippen LogP contribution in [0.1, 0.15) is 46.8 Å². The Balaban J connectivity index is 1.70. The summed E-state index contributed by atoms with van der Waals surface area (Å²) in [5, 5.41) is 2.80. The van der Waals surface area contributed by atoms with E-state index >= 15 is 0 Å². The number of fused-ring (bicyclic) bond motifs is 1. The predicted octanol–water partition coefficient (Wildman–Crippen LogP) is 3.34. The van der Waals surface area contributed by atoms with Crippen LogP contribution < -0.4 is 10.0 Å². The molecule has 0 spiro atoms. The Morgan fingerprint density at radius 1 is 1.22 bits per heavy atom. The van der Waals surface area contributed by atoms with Gasteiger partial charge in [0.05, 0.1) is 9.77 Å². The Morgan fingerprint density at radius 2 is 1.93 bits per heavy atom. The molecule has 1 heterocycles. The second-order valence-corrected chi connectivity index (χ2v) is 9.54. The number of hydrogen-bond donors (Lipinski definition) is 2. The summed E-state index contributed by atoms with van der Waals surface area (Å²) >= 11 is 1.53. The van der Waals surface area contributed by atoms with E-state index in [0.717, 1.165) is 26.2 Å². The van der Waals surface area contributed by atoms with Gasteiger partial charge in [-0.25, -0.2) is 13.1 Å². The molecule has 1 atom stereocenters. The van der Waals surface area contributed by atoms with Gasteiger partial charge >= 0.3 is 0 Å². The van der Waals surface area contributed by atoms with E-state index in [9.17, 15) is 18.0 Å². The Hall–Kier alpha value is -2.19. The number of amides is 2. The smallest absolute Gasteiger partial charge is 0.265 e. The second kappa shape index (κ2) is 7.82. The molecule has 0 fully saturated rings. The van der Waals surface area contributed by atoms with Crippen molar-refractivity contribution in [2.24, 2.45) is 5.92 Å². The molecule has 2 amide bonds. The third kappa shape index (κ3) is 4.56. The number of carbonyl (C=O) groups is 2. The zero-order chi connectivity index (χ0) is 19.6. The largest absolute Gasteiger partial charge is 0.321 e. The van der Waals surface area contributed by atoms with Crippen molar-refractivity contribution in [3.63, 3.8) is 0 Å². The van der Waals surface area contributed by atoms with E-state index < -0.39 is 15.9 Å². The minimum Gasteiger partial charge on any atom is -0.321 e. The van der Waals surface area contributed by atoms with E-state index in [1.54, 1.807) is 0 Å². The molecule has 0 unspecified atom stereocenters. The van der Waals surface area contributed by atoms with Gasteiger partial charge < -0.3 is 5.32 Å². The molecular weight excluding hydrogens is 384 g/mol. The van der Waals surface area contributed by atoms with Crippen LogP contribution in [0.15, 0.2) is 35.2 Å². The first-order chi connectivity index (χ1) is 12.8. The molecule has 27 heavy (non-hydrogen) atoms. The van der Waals surface area contributed by atoms with Gasteiger partial charge in [-0.3, -0.25) is 9.59 Å². The number of thiophene rings is 1. The molecule has 144 valence electrons. The van der Waals surface area contributed by atoms with Crippen LogP contribution in [0.25, 0.3) is 0 Å². The molecule has 0 saturated carbocycles. The van der Waals surface area contributed by atoms with Crippen molar-refractivity contribution in [3.8, 4) is 0 Å². The molecule has 2 N–H and O–H groups in total. The maximum absolute atomic E-state index is 12.5. The van der Waals surface area contributed by atoms with E-state index in [2.05, 4.69) is 12.2 Å². The van der Waals surface area contributed by atoms with Crippen molar-refractivity contribution >= 4 is 38.9 Å². The van der Waals surface area contributed by atoms with Crippen molar-refractivity contribution in [2.45, 2.75) is 44.4 Å². The highest BCUT2D eigenvalue weighted by Crippen LogP contribution is 2.33. The van der Waals surface area contributed by atoms with E-state index in [1.807, 2.05) is 10.8 Å². The van der Waals surface area contributed by atoms with E-state index in [1.165, 1.54) is 52.5 Å².